The Morgan fingerprint density at radius 2 is 1.92 bits per heavy atom. The molecule has 0 saturated heterocycles. The Bertz CT molecular complexity index is 565. The Balaban J connectivity index is 2.36. The second-order valence-corrected chi connectivity index (χ2v) is 6.07. The van der Waals surface area contributed by atoms with Gasteiger partial charge in [-0.05, 0) is 30.9 Å². The van der Waals surface area contributed by atoms with Gasteiger partial charge in [0.2, 0.25) is 6.29 Å². The first kappa shape index (κ1) is 18.5. The fourth-order valence-corrected chi connectivity index (χ4v) is 2.84. The molecule has 0 amide bonds. The van der Waals surface area contributed by atoms with Gasteiger partial charge in [-0.2, -0.15) is 0 Å². The summed E-state index contributed by atoms with van der Waals surface area (Å²) in [4.78, 5) is 12.5. The molecule has 0 radical (unpaired) electrons. The van der Waals surface area contributed by atoms with Gasteiger partial charge in [0, 0.05) is 5.56 Å². The van der Waals surface area contributed by atoms with Crippen LogP contribution in [0.15, 0.2) is 29.8 Å². The number of para-hydroxylation sites is 1. The smallest absolute Gasteiger partial charge is 0.319 e. The molecule has 132 valence electrons. The highest BCUT2D eigenvalue weighted by Gasteiger charge is 2.37. The summed E-state index contributed by atoms with van der Waals surface area (Å²) >= 11 is 0. The van der Waals surface area contributed by atoms with Crippen molar-refractivity contribution < 1.29 is 19.0 Å². The van der Waals surface area contributed by atoms with Gasteiger partial charge in [-0.25, -0.2) is 0 Å². The van der Waals surface area contributed by atoms with Crippen molar-refractivity contribution in [1.82, 2.24) is 0 Å². The molecule has 2 rings (SSSR count). The van der Waals surface area contributed by atoms with E-state index in [0.29, 0.717) is 6.61 Å². The summed E-state index contributed by atoms with van der Waals surface area (Å²) in [5, 5.41) is 0. The van der Waals surface area contributed by atoms with Gasteiger partial charge in [0.1, 0.15) is 11.7 Å². The number of esters is 1. The highest BCUT2D eigenvalue weighted by molar-refractivity contribution is 5.79. The lowest BCUT2D eigenvalue weighted by atomic mass is 9.92. The number of methoxy groups -OCH3 is 1. The maximum atomic E-state index is 12.5. The zero-order chi connectivity index (χ0) is 17.4. The quantitative estimate of drug-likeness (QED) is 0.516. The number of ether oxygens (including phenoxy) is 3. The molecule has 0 aromatic heterocycles. The summed E-state index contributed by atoms with van der Waals surface area (Å²) < 4.78 is 17.1. The summed E-state index contributed by atoms with van der Waals surface area (Å²) in [6.45, 7) is 4.82. The molecule has 4 heteroatoms. The van der Waals surface area contributed by atoms with Crippen LogP contribution in [0, 0.1) is 5.92 Å². The van der Waals surface area contributed by atoms with E-state index in [1.165, 1.54) is 7.11 Å². The van der Waals surface area contributed by atoms with Gasteiger partial charge in [-0.15, -0.1) is 0 Å². The number of carbonyl (C=O) groups excluding carboxylic acids is 1. The number of hydrogen-bond donors (Lipinski definition) is 0. The van der Waals surface area contributed by atoms with Gasteiger partial charge in [0.15, 0.2) is 0 Å². The van der Waals surface area contributed by atoms with Crippen molar-refractivity contribution >= 4 is 12.0 Å². The van der Waals surface area contributed by atoms with Crippen LogP contribution in [-0.4, -0.2) is 26.0 Å². The largest absolute Gasteiger partial charge is 0.468 e. The van der Waals surface area contributed by atoms with Crippen molar-refractivity contribution in [3.05, 3.63) is 35.4 Å². The molecule has 0 unspecified atom stereocenters. The first-order chi connectivity index (χ1) is 11.7. The predicted molar refractivity (Wildman–Crippen MR) is 94.7 cm³/mol. The van der Waals surface area contributed by atoms with Crippen molar-refractivity contribution in [2.75, 3.05) is 13.7 Å². The molecule has 0 spiro atoms. The zero-order valence-electron chi connectivity index (χ0n) is 14.9. The molecule has 0 saturated carbocycles. The summed E-state index contributed by atoms with van der Waals surface area (Å²) in [7, 11) is 1.42. The summed E-state index contributed by atoms with van der Waals surface area (Å²) in [6, 6.07) is 7.82. The Morgan fingerprint density at radius 3 is 2.62 bits per heavy atom. The van der Waals surface area contributed by atoms with Crippen LogP contribution in [0.4, 0.5) is 0 Å². The molecular formula is C20H28O4. The Labute approximate surface area is 144 Å². The van der Waals surface area contributed by atoms with Crippen molar-refractivity contribution in [3.63, 3.8) is 0 Å². The second kappa shape index (κ2) is 9.48. The third kappa shape index (κ3) is 4.60. The van der Waals surface area contributed by atoms with Crippen LogP contribution in [0.25, 0.3) is 6.08 Å². The Kier molecular flexibility index (Phi) is 7.32. The van der Waals surface area contributed by atoms with Gasteiger partial charge in [0.25, 0.3) is 0 Å². The molecule has 4 nitrogen and oxygen atoms in total. The number of fused-ring (bicyclic) bond motifs is 1. The van der Waals surface area contributed by atoms with Crippen molar-refractivity contribution in [3.8, 4) is 5.75 Å². The van der Waals surface area contributed by atoms with E-state index in [0.717, 1.165) is 49.0 Å². The molecule has 1 aliphatic rings. The minimum atomic E-state index is -0.643. The van der Waals surface area contributed by atoms with Crippen LogP contribution >= 0.6 is 0 Å². The lowest BCUT2D eigenvalue weighted by Gasteiger charge is -2.26. The molecule has 0 fully saturated rings. The lowest BCUT2D eigenvalue weighted by Crippen LogP contribution is -2.37. The molecule has 0 bridgehead atoms. The molecule has 0 aliphatic carbocycles. The van der Waals surface area contributed by atoms with Crippen LogP contribution in [0.2, 0.25) is 0 Å². The third-order valence-corrected chi connectivity index (χ3v) is 4.23. The molecule has 0 N–H and O–H groups in total. The molecule has 24 heavy (non-hydrogen) atoms. The maximum absolute atomic E-state index is 12.5. The van der Waals surface area contributed by atoms with E-state index in [9.17, 15) is 4.79 Å². The van der Waals surface area contributed by atoms with E-state index in [-0.39, 0.29) is 5.97 Å². The van der Waals surface area contributed by atoms with Gasteiger partial charge in [-0.3, -0.25) is 4.79 Å². The van der Waals surface area contributed by atoms with Crippen LogP contribution in [0.5, 0.6) is 5.75 Å². The number of unbranched alkanes of at least 4 members (excludes halogenated alkanes) is 2. The molecule has 1 aromatic carbocycles. The highest BCUT2D eigenvalue weighted by Crippen LogP contribution is 2.35. The number of carbonyl (C=O) groups is 1. The molecule has 1 aliphatic heterocycles. The van der Waals surface area contributed by atoms with E-state index in [4.69, 9.17) is 14.2 Å². The topological polar surface area (TPSA) is 44.8 Å². The molecule has 1 heterocycles. The second-order valence-electron chi connectivity index (χ2n) is 6.07. The van der Waals surface area contributed by atoms with Crippen LogP contribution in [0.3, 0.4) is 0 Å². The van der Waals surface area contributed by atoms with Crippen molar-refractivity contribution in [1.29, 1.82) is 0 Å². The predicted octanol–water partition coefficient (Wildman–Crippen LogP) is 4.58. The van der Waals surface area contributed by atoms with Crippen LogP contribution < -0.4 is 4.74 Å². The number of benzene rings is 1. The van der Waals surface area contributed by atoms with E-state index >= 15 is 0 Å². The minimum absolute atomic E-state index is 0.299. The van der Waals surface area contributed by atoms with Gasteiger partial charge < -0.3 is 14.2 Å². The third-order valence-electron chi connectivity index (χ3n) is 4.23. The summed E-state index contributed by atoms with van der Waals surface area (Å²) in [5.41, 5.74) is 2.01. The average molecular weight is 332 g/mol. The van der Waals surface area contributed by atoms with Crippen LogP contribution in [0.1, 0.15) is 51.5 Å². The lowest BCUT2D eigenvalue weighted by molar-refractivity contribution is -0.163. The number of hydrogen-bond acceptors (Lipinski definition) is 4. The fourth-order valence-electron chi connectivity index (χ4n) is 2.84. The zero-order valence-corrected chi connectivity index (χ0v) is 14.9. The number of rotatable bonds is 8. The van der Waals surface area contributed by atoms with E-state index in [2.05, 4.69) is 19.9 Å². The summed E-state index contributed by atoms with van der Waals surface area (Å²) in [5.74, 6) is -0.0723. The van der Waals surface area contributed by atoms with E-state index < -0.39 is 12.2 Å². The van der Waals surface area contributed by atoms with E-state index in [1.54, 1.807) is 0 Å². The van der Waals surface area contributed by atoms with Crippen molar-refractivity contribution in [2.24, 2.45) is 5.92 Å². The van der Waals surface area contributed by atoms with Crippen LogP contribution in [-0.2, 0) is 14.3 Å². The van der Waals surface area contributed by atoms with E-state index in [1.807, 2.05) is 24.3 Å². The minimum Gasteiger partial charge on any atom is -0.468 e. The maximum Gasteiger partial charge on any atom is 0.319 e. The monoisotopic (exact) mass is 332 g/mol. The Hall–Kier alpha value is -1.81. The first-order valence-corrected chi connectivity index (χ1v) is 8.86. The van der Waals surface area contributed by atoms with Crippen molar-refractivity contribution in [2.45, 2.75) is 52.2 Å². The van der Waals surface area contributed by atoms with Gasteiger partial charge in [-0.1, -0.05) is 51.0 Å². The highest BCUT2D eigenvalue weighted by atomic mass is 16.7. The average Bonchev–Trinajstić information content (AvgIpc) is 2.75. The SMILES string of the molecule is CCCCO[C@H]1Oc2ccccc2C=C(CCCC)[C@@H]1C(=O)OC. The fraction of sp³-hybridized carbons (Fsp3) is 0.550. The van der Waals surface area contributed by atoms with Gasteiger partial charge >= 0.3 is 5.97 Å². The molecule has 2 atom stereocenters. The standard InChI is InChI=1S/C20H28O4/c1-4-6-10-16-14-15-11-8-9-12-17(15)24-20(23-13-7-5-2)18(16)19(21)22-3/h8-9,11-12,14,18,20H,4-7,10,13H2,1-3H3/t18-,20+/m1/s1. The normalized spacial score (nSPS) is 19.7. The van der Waals surface area contributed by atoms with Gasteiger partial charge in [0.05, 0.1) is 13.7 Å². The molecule has 1 aromatic rings. The Morgan fingerprint density at radius 1 is 1.17 bits per heavy atom. The summed E-state index contributed by atoms with van der Waals surface area (Å²) in [6.07, 6.45) is 6.31. The first-order valence-electron chi connectivity index (χ1n) is 8.86. The molecular weight excluding hydrogens is 304 g/mol.